The molecule has 2 heterocycles. The van der Waals surface area contributed by atoms with E-state index in [2.05, 4.69) is 0 Å². The normalized spacial score (nSPS) is 25.0. The number of methoxy groups -OCH3 is 2. The first-order chi connectivity index (χ1) is 12.0. The molecule has 1 unspecified atom stereocenters. The molecule has 0 aliphatic carbocycles. The quantitative estimate of drug-likeness (QED) is 0.765. The first kappa shape index (κ1) is 18.0. The summed E-state index contributed by atoms with van der Waals surface area (Å²) in [6.07, 6.45) is 0.842. The molecule has 7 heteroatoms. The van der Waals surface area contributed by atoms with Crippen LogP contribution in [0.5, 0.6) is 11.5 Å². The molecule has 2 aliphatic rings. The maximum absolute atomic E-state index is 12.9. The smallest absolute Gasteiger partial charge is 0.256 e. The lowest BCUT2D eigenvalue weighted by Gasteiger charge is -2.44. The fourth-order valence-corrected chi connectivity index (χ4v) is 3.69. The Labute approximate surface area is 147 Å². The van der Waals surface area contributed by atoms with Crippen LogP contribution in [0.15, 0.2) is 18.2 Å². The average molecular weight is 350 g/mol. The summed E-state index contributed by atoms with van der Waals surface area (Å²) in [5, 5.41) is 20.3. The summed E-state index contributed by atoms with van der Waals surface area (Å²) in [5.41, 5.74) is -0.538. The molecule has 2 fully saturated rings. The minimum absolute atomic E-state index is 0.259. The zero-order valence-corrected chi connectivity index (χ0v) is 14.8. The Morgan fingerprint density at radius 2 is 2.04 bits per heavy atom. The number of rotatable bonds is 6. The first-order valence-electron chi connectivity index (χ1n) is 8.59. The molecule has 1 aromatic carbocycles. The van der Waals surface area contributed by atoms with Crippen molar-refractivity contribution >= 4 is 5.91 Å². The highest BCUT2D eigenvalue weighted by Gasteiger charge is 2.45. The average Bonchev–Trinajstić information content (AvgIpc) is 2.57. The van der Waals surface area contributed by atoms with E-state index in [1.54, 1.807) is 19.1 Å². The van der Waals surface area contributed by atoms with E-state index in [-0.39, 0.29) is 18.6 Å². The summed E-state index contributed by atoms with van der Waals surface area (Å²) >= 11 is 0. The summed E-state index contributed by atoms with van der Waals surface area (Å²) in [6.45, 7) is 2.27. The zero-order chi connectivity index (χ0) is 18.0. The maximum Gasteiger partial charge on any atom is 0.256 e. The fraction of sp³-hybridized carbons (Fsp3) is 0.611. The molecule has 3 rings (SSSR count). The van der Waals surface area contributed by atoms with Gasteiger partial charge in [-0.1, -0.05) is 12.1 Å². The number of carbonyl (C=O) groups excluding carboxylic acids is 1. The van der Waals surface area contributed by atoms with E-state index in [0.29, 0.717) is 44.1 Å². The summed E-state index contributed by atoms with van der Waals surface area (Å²) < 4.78 is 10.7. The van der Waals surface area contributed by atoms with Crippen LogP contribution in [0, 0.1) is 0 Å². The fourth-order valence-electron chi connectivity index (χ4n) is 3.69. The third-order valence-corrected chi connectivity index (χ3v) is 4.97. The number of likely N-dealkylation sites (tertiary alicyclic amines) is 2. The molecule has 1 atom stereocenters. The van der Waals surface area contributed by atoms with Crippen molar-refractivity contribution in [2.45, 2.75) is 31.1 Å². The standard InChI is InChI=1S/C18H26N2O5/c1-24-15-6-3-5-13(16(15)25-2)9-20-8-4-7-18(23,17(20)22)12-19-10-14(21)11-19/h3,5-6,14,21,23H,4,7-12H2,1-2H3. The molecule has 0 radical (unpaired) electrons. The van der Waals surface area contributed by atoms with E-state index < -0.39 is 5.60 Å². The number of nitrogens with zero attached hydrogens (tertiary/aromatic N) is 2. The Morgan fingerprint density at radius 3 is 2.68 bits per heavy atom. The van der Waals surface area contributed by atoms with E-state index in [9.17, 15) is 15.0 Å². The van der Waals surface area contributed by atoms with Crippen molar-refractivity contribution < 1.29 is 24.5 Å². The summed E-state index contributed by atoms with van der Waals surface area (Å²) in [6, 6.07) is 5.57. The van der Waals surface area contributed by atoms with Crippen LogP contribution >= 0.6 is 0 Å². The molecule has 1 amide bonds. The molecule has 0 spiro atoms. The van der Waals surface area contributed by atoms with Crippen LogP contribution in [0.2, 0.25) is 0 Å². The number of carbonyl (C=O) groups is 1. The van der Waals surface area contributed by atoms with Gasteiger partial charge in [-0.3, -0.25) is 9.69 Å². The Balaban J connectivity index is 1.73. The molecule has 25 heavy (non-hydrogen) atoms. The Morgan fingerprint density at radius 1 is 1.28 bits per heavy atom. The summed E-state index contributed by atoms with van der Waals surface area (Å²) in [7, 11) is 3.15. The van der Waals surface area contributed by atoms with E-state index in [4.69, 9.17) is 9.47 Å². The lowest BCUT2D eigenvalue weighted by Crippen LogP contribution is -2.62. The molecule has 7 nitrogen and oxygen atoms in total. The molecule has 0 bridgehead atoms. The van der Waals surface area contributed by atoms with Gasteiger partial charge in [-0.15, -0.1) is 0 Å². The number of hydrogen-bond donors (Lipinski definition) is 2. The SMILES string of the molecule is COc1cccc(CN2CCCC(O)(CN3CC(O)C3)C2=O)c1OC. The van der Waals surface area contributed by atoms with Gasteiger partial charge in [0.1, 0.15) is 0 Å². The first-order valence-corrected chi connectivity index (χ1v) is 8.59. The van der Waals surface area contributed by atoms with Gasteiger partial charge >= 0.3 is 0 Å². The predicted octanol–water partition coefficient (Wildman–Crippen LogP) is 0.234. The molecule has 138 valence electrons. The van der Waals surface area contributed by atoms with Gasteiger partial charge in [-0.25, -0.2) is 0 Å². The van der Waals surface area contributed by atoms with Crippen LogP contribution in [-0.2, 0) is 11.3 Å². The van der Waals surface area contributed by atoms with E-state index in [1.807, 2.05) is 23.1 Å². The van der Waals surface area contributed by atoms with Gasteiger partial charge in [-0.2, -0.15) is 0 Å². The molecule has 2 aliphatic heterocycles. The van der Waals surface area contributed by atoms with Gasteiger partial charge in [0.25, 0.3) is 5.91 Å². The molecule has 0 saturated carbocycles. The number of amides is 1. The Hall–Kier alpha value is -1.83. The minimum Gasteiger partial charge on any atom is -0.493 e. The van der Waals surface area contributed by atoms with Crippen molar-refractivity contribution in [3.63, 3.8) is 0 Å². The topological polar surface area (TPSA) is 82.5 Å². The highest BCUT2D eigenvalue weighted by Crippen LogP contribution is 2.33. The van der Waals surface area contributed by atoms with Crippen LogP contribution in [0.4, 0.5) is 0 Å². The lowest BCUT2D eigenvalue weighted by molar-refractivity contribution is -0.163. The van der Waals surface area contributed by atoms with Gasteiger partial charge in [0.2, 0.25) is 0 Å². The van der Waals surface area contributed by atoms with Crippen molar-refractivity contribution in [3.05, 3.63) is 23.8 Å². The lowest BCUT2D eigenvalue weighted by atomic mass is 9.89. The van der Waals surface area contributed by atoms with Gasteiger partial charge in [0.05, 0.1) is 20.3 Å². The van der Waals surface area contributed by atoms with Crippen LogP contribution in [0.25, 0.3) is 0 Å². The monoisotopic (exact) mass is 350 g/mol. The minimum atomic E-state index is -1.38. The molecule has 1 aromatic rings. The molecule has 2 N–H and O–H groups in total. The largest absolute Gasteiger partial charge is 0.493 e. The highest BCUT2D eigenvalue weighted by molar-refractivity contribution is 5.86. The van der Waals surface area contributed by atoms with E-state index in [0.717, 1.165) is 12.0 Å². The molecule has 0 aromatic heterocycles. The number of benzene rings is 1. The van der Waals surface area contributed by atoms with Gasteiger partial charge in [-0.05, 0) is 18.9 Å². The molecular formula is C18H26N2O5. The number of piperidine rings is 1. The van der Waals surface area contributed by atoms with Gasteiger partial charge < -0.3 is 24.6 Å². The van der Waals surface area contributed by atoms with Crippen molar-refractivity contribution in [1.82, 2.24) is 9.80 Å². The Kier molecular flexibility index (Phi) is 5.17. The van der Waals surface area contributed by atoms with Crippen LogP contribution in [-0.4, -0.2) is 78.0 Å². The van der Waals surface area contributed by atoms with Crippen molar-refractivity contribution in [1.29, 1.82) is 0 Å². The third-order valence-electron chi connectivity index (χ3n) is 4.97. The Bertz CT molecular complexity index is 632. The predicted molar refractivity (Wildman–Crippen MR) is 91.6 cm³/mol. The van der Waals surface area contributed by atoms with Crippen LogP contribution in [0.1, 0.15) is 18.4 Å². The maximum atomic E-state index is 12.9. The summed E-state index contributed by atoms with van der Waals surface area (Å²) in [4.78, 5) is 16.5. The van der Waals surface area contributed by atoms with E-state index in [1.165, 1.54) is 0 Å². The van der Waals surface area contributed by atoms with Gasteiger partial charge in [0, 0.05) is 38.3 Å². The van der Waals surface area contributed by atoms with Crippen molar-refractivity contribution in [2.24, 2.45) is 0 Å². The van der Waals surface area contributed by atoms with Crippen molar-refractivity contribution in [3.8, 4) is 11.5 Å². The zero-order valence-electron chi connectivity index (χ0n) is 14.8. The highest BCUT2D eigenvalue weighted by atomic mass is 16.5. The van der Waals surface area contributed by atoms with Gasteiger partial charge in [0.15, 0.2) is 17.1 Å². The second-order valence-corrected chi connectivity index (χ2v) is 6.86. The third kappa shape index (κ3) is 3.58. The molecule has 2 saturated heterocycles. The van der Waals surface area contributed by atoms with Crippen LogP contribution < -0.4 is 9.47 Å². The van der Waals surface area contributed by atoms with E-state index >= 15 is 0 Å². The second kappa shape index (κ2) is 7.19. The number of hydrogen-bond acceptors (Lipinski definition) is 6. The number of aliphatic hydroxyl groups excluding tert-OH is 1. The molecular weight excluding hydrogens is 324 g/mol. The number of ether oxygens (including phenoxy) is 2. The number of aliphatic hydroxyl groups is 2. The number of para-hydroxylation sites is 1. The van der Waals surface area contributed by atoms with Crippen LogP contribution in [0.3, 0.4) is 0 Å². The summed E-state index contributed by atoms with van der Waals surface area (Å²) in [5.74, 6) is 0.970. The number of β-amino-alcohol motifs (C(OH)–C–C–N with tert-alkyl or cyclic N) is 2. The second-order valence-electron chi connectivity index (χ2n) is 6.86. The van der Waals surface area contributed by atoms with Crippen molar-refractivity contribution in [2.75, 3.05) is 40.4 Å².